The highest BCUT2D eigenvalue weighted by Gasteiger charge is 2.13. The summed E-state index contributed by atoms with van der Waals surface area (Å²) in [7, 11) is 0. The van der Waals surface area contributed by atoms with Gasteiger partial charge in [0.05, 0.1) is 11.4 Å². The Labute approximate surface area is 123 Å². The van der Waals surface area contributed by atoms with Crippen molar-refractivity contribution in [3.63, 3.8) is 0 Å². The summed E-state index contributed by atoms with van der Waals surface area (Å²) >= 11 is 0. The monoisotopic (exact) mass is 283 g/mol. The highest BCUT2D eigenvalue weighted by molar-refractivity contribution is 5.88. The van der Waals surface area contributed by atoms with Gasteiger partial charge in [0.15, 0.2) is 5.69 Å². The molecule has 108 valence electrons. The Morgan fingerprint density at radius 1 is 1.48 bits per heavy atom. The molecule has 6 heteroatoms. The van der Waals surface area contributed by atoms with E-state index < -0.39 is 0 Å². The molecular weight excluding hydrogens is 266 g/mol. The molecule has 0 saturated carbocycles. The minimum Gasteiger partial charge on any atom is -0.326 e. The number of benzene rings is 1. The quantitative estimate of drug-likeness (QED) is 0.913. The highest BCUT2D eigenvalue weighted by atomic mass is 16.1. The van der Waals surface area contributed by atoms with Gasteiger partial charge in [-0.2, -0.15) is 5.26 Å². The predicted molar refractivity (Wildman–Crippen MR) is 79.0 cm³/mol. The predicted octanol–water partition coefficient (Wildman–Crippen LogP) is 2.44. The average molecular weight is 283 g/mol. The molecule has 0 bridgehead atoms. The van der Waals surface area contributed by atoms with Gasteiger partial charge in [0.25, 0.3) is 0 Å². The smallest absolute Gasteiger partial charge is 0.221 e. The van der Waals surface area contributed by atoms with Crippen LogP contribution in [0.15, 0.2) is 24.3 Å². The minimum absolute atomic E-state index is 0.130. The van der Waals surface area contributed by atoms with E-state index in [1.165, 1.54) is 6.92 Å². The van der Waals surface area contributed by atoms with Crippen molar-refractivity contribution >= 4 is 11.6 Å². The van der Waals surface area contributed by atoms with E-state index in [9.17, 15) is 4.79 Å². The molecule has 0 aliphatic heterocycles. The molecule has 0 atom stereocenters. The van der Waals surface area contributed by atoms with Crippen LogP contribution in [0.2, 0.25) is 0 Å². The van der Waals surface area contributed by atoms with Crippen molar-refractivity contribution < 1.29 is 4.79 Å². The Balaban J connectivity index is 2.39. The minimum atomic E-state index is -0.130. The van der Waals surface area contributed by atoms with E-state index in [0.29, 0.717) is 11.4 Å². The molecule has 2 rings (SSSR count). The van der Waals surface area contributed by atoms with Crippen LogP contribution in [0, 0.1) is 11.3 Å². The van der Waals surface area contributed by atoms with Crippen molar-refractivity contribution in [3.05, 3.63) is 35.7 Å². The normalized spacial score (nSPS) is 10.1. The fourth-order valence-corrected chi connectivity index (χ4v) is 2.08. The summed E-state index contributed by atoms with van der Waals surface area (Å²) < 4.78 is 1.67. The molecule has 6 nitrogen and oxygen atoms in total. The number of nitrogens with one attached hydrogen (secondary N) is 1. The molecule has 0 saturated heterocycles. The number of anilines is 1. The van der Waals surface area contributed by atoms with Crippen LogP contribution >= 0.6 is 0 Å². The molecule has 0 aliphatic rings. The Kier molecular flexibility index (Phi) is 4.67. The summed E-state index contributed by atoms with van der Waals surface area (Å²) in [6.07, 6.45) is 2.74. The van der Waals surface area contributed by atoms with E-state index in [0.717, 1.165) is 30.6 Å². The van der Waals surface area contributed by atoms with Crippen molar-refractivity contribution in [2.75, 3.05) is 5.32 Å². The first-order valence-corrected chi connectivity index (χ1v) is 6.88. The van der Waals surface area contributed by atoms with Gasteiger partial charge in [0, 0.05) is 12.6 Å². The van der Waals surface area contributed by atoms with E-state index >= 15 is 0 Å². The first kappa shape index (κ1) is 14.7. The second kappa shape index (κ2) is 6.66. The lowest BCUT2D eigenvalue weighted by molar-refractivity contribution is -0.114. The van der Waals surface area contributed by atoms with Crippen molar-refractivity contribution in [2.24, 2.45) is 0 Å². The lowest BCUT2D eigenvalue weighted by Gasteiger charge is -2.08. The summed E-state index contributed by atoms with van der Waals surface area (Å²) in [6, 6.07) is 9.40. The molecular formula is C15H17N5O. The molecule has 0 unspecified atom stereocenters. The first-order valence-electron chi connectivity index (χ1n) is 6.88. The zero-order valence-corrected chi connectivity index (χ0v) is 12.1. The number of amides is 1. The third-order valence-corrected chi connectivity index (χ3v) is 3.05. The van der Waals surface area contributed by atoms with Gasteiger partial charge in [-0.15, -0.1) is 5.10 Å². The molecule has 21 heavy (non-hydrogen) atoms. The lowest BCUT2D eigenvalue weighted by atomic mass is 10.1. The Morgan fingerprint density at radius 2 is 2.29 bits per heavy atom. The largest absolute Gasteiger partial charge is 0.326 e. The molecule has 0 radical (unpaired) electrons. The molecule has 1 amide bonds. The van der Waals surface area contributed by atoms with Crippen LogP contribution < -0.4 is 5.32 Å². The van der Waals surface area contributed by atoms with Gasteiger partial charge in [0.2, 0.25) is 5.91 Å². The first-order chi connectivity index (χ1) is 10.2. The topological polar surface area (TPSA) is 83.6 Å². The van der Waals surface area contributed by atoms with E-state index in [4.69, 9.17) is 5.26 Å². The van der Waals surface area contributed by atoms with Crippen molar-refractivity contribution in [1.29, 1.82) is 5.26 Å². The molecule has 1 N–H and O–H groups in total. The third-order valence-electron chi connectivity index (χ3n) is 3.05. The standard InChI is InChI=1S/C15H17N5O/c1-3-4-8-15-14(10-16)18-19-20(15)13-7-5-6-12(9-13)17-11(2)21/h5-7,9H,3-4,8H2,1-2H3,(H,17,21). The lowest BCUT2D eigenvalue weighted by Crippen LogP contribution is -2.08. The van der Waals surface area contributed by atoms with Gasteiger partial charge in [-0.25, -0.2) is 4.68 Å². The zero-order chi connectivity index (χ0) is 15.2. The van der Waals surface area contributed by atoms with Gasteiger partial charge >= 0.3 is 0 Å². The molecule has 1 heterocycles. The second-order valence-corrected chi connectivity index (χ2v) is 4.74. The van der Waals surface area contributed by atoms with E-state index in [1.54, 1.807) is 10.7 Å². The number of carbonyl (C=O) groups excluding carboxylic acids is 1. The Hall–Kier alpha value is -2.68. The number of hydrogen-bond acceptors (Lipinski definition) is 4. The molecule has 0 fully saturated rings. The van der Waals surface area contributed by atoms with Crippen LogP contribution in [0.3, 0.4) is 0 Å². The number of aromatic nitrogens is 3. The summed E-state index contributed by atoms with van der Waals surface area (Å²) in [5, 5.41) is 19.8. The van der Waals surface area contributed by atoms with Gasteiger partial charge in [0.1, 0.15) is 6.07 Å². The van der Waals surface area contributed by atoms with Gasteiger partial charge in [-0.3, -0.25) is 4.79 Å². The van der Waals surface area contributed by atoms with Crippen LogP contribution in [0.4, 0.5) is 5.69 Å². The fraction of sp³-hybridized carbons (Fsp3) is 0.333. The maximum absolute atomic E-state index is 11.1. The third kappa shape index (κ3) is 3.45. The van der Waals surface area contributed by atoms with Crippen LogP contribution in [0.1, 0.15) is 38.1 Å². The van der Waals surface area contributed by atoms with Gasteiger partial charge in [-0.1, -0.05) is 24.6 Å². The number of rotatable bonds is 5. The fourth-order valence-electron chi connectivity index (χ4n) is 2.08. The maximum Gasteiger partial charge on any atom is 0.221 e. The Morgan fingerprint density at radius 3 is 2.95 bits per heavy atom. The molecule has 1 aromatic heterocycles. The summed E-state index contributed by atoms with van der Waals surface area (Å²) in [6.45, 7) is 3.56. The van der Waals surface area contributed by atoms with Crippen molar-refractivity contribution in [3.8, 4) is 11.8 Å². The van der Waals surface area contributed by atoms with Crippen LogP contribution in [0.25, 0.3) is 5.69 Å². The molecule has 2 aromatic rings. The maximum atomic E-state index is 11.1. The highest BCUT2D eigenvalue weighted by Crippen LogP contribution is 2.18. The van der Waals surface area contributed by atoms with Crippen LogP contribution in [0.5, 0.6) is 0 Å². The summed E-state index contributed by atoms with van der Waals surface area (Å²) in [4.78, 5) is 11.1. The van der Waals surface area contributed by atoms with Crippen LogP contribution in [-0.4, -0.2) is 20.9 Å². The van der Waals surface area contributed by atoms with Crippen molar-refractivity contribution in [2.45, 2.75) is 33.1 Å². The number of unbranched alkanes of at least 4 members (excludes halogenated alkanes) is 1. The van der Waals surface area contributed by atoms with Crippen molar-refractivity contribution in [1.82, 2.24) is 15.0 Å². The van der Waals surface area contributed by atoms with Gasteiger partial charge < -0.3 is 5.32 Å². The van der Waals surface area contributed by atoms with Gasteiger partial charge in [-0.05, 0) is 31.0 Å². The number of hydrogen-bond donors (Lipinski definition) is 1. The summed E-state index contributed by atoms with van der Waals surface area (Å²) in [5.74, 6) is -0.130. The zero-order valence-electron chi connectivity index (χ0n) is 12.1. The van der Waals surface area contributed by atoms with E-state index in [-0.39, 0.29) is 5.91 Å². The number of nitrogens with zero attached hydrogens (tertiary/aromatic N) is 4. The van der Waals surface area contributed by atoms with E-state index in [2.05, 4.69) is 28.6 Å². The summed E-state index contributed by atoms with van der Waals surface area (Å²) in [5.41, 5.74) is 2.63. The number of nitriles is 1. The second-order valence-electron chi connectivity index (χ2n) is 4.74. The molecule has 1 aromatic carbocycles. The Bertz CT molecular complexity index is 684. The SMILES string of the molecule is CCCCc1c(C#N)nnn1-c1cccc(NC(C)=O)c1. The number of carbonyl (C=O) groups is 1. The molecule has 0 spiro atoms. The van der Waals surface area contributed by atoms with E-state index in [1.807, 2.05) is 18.2 Å². The van der Waals surface area contributed by atoms with Crippen LogP contribution in [-0.2, 0) is 11.2 Å². The molecule has 0 aliphatic carbocycles. The average Bonchev–Trinajstić information content (AvgIpc) is 2.87.